The van der Waals surface area contributed by atoms with Crippen molar-refractivity contribution in [2.45, 2.75) is 31.5 Å². The minimum Gasteiger partial charge on any atom is -0.349 e. The number of aliphatic hydroxyl groups is 1. The van der Waals surface area contributed by atoms with Crippen LogP contribution >= 0.6 is 11.6 Å². The highest BCUT2D eigenvalue weighted by Crippen LogP contribution is 2.34. The smallest absolute Gasteiger partial charge is 0.262 e. The molecule has 0 saturated carbocycles. The standard InChI is InChI=1S/C13H16ClN3O/c14-11-7-4-3-6-10(11)13(18)16-15-12-8-2-1-5-9-17(12)13/h3-4,6-7,16,18H,1-2,5,8-9H2/t13-/m1/s1. The van der Waals surface area contributed by atoms with E-state index in [0.717, 1.165) is 31.6 Å². The van der Waals surface area contributed by atoms with E-state index in [1.54, 1.807) is 6.07 Å². The molecular formula is C13H16ClN3O. The van der Waals surface area contributed by atoms with Crippen molar-refractivity contribution in [1.82, 2.24) is 10.3 Å². The molecule has 5 heteroatoms. The monoisotopic (exact) mass is 265 g/mol. The molecule has 2 N–H and O–H groups in total. The van der Waals surface area contributed by atoms with Gasteiger partial charge in [0.1, 0.15) is 5.84 Å². The second-order valence-electron chi connectivity index (χ2n) is 4.75. The quantitative estimate of drug-likeness (QED) is 0.819. The summed E-state index contributed by atoms with van der Waals surface area (Å²) in [7, 11) is 0. The lowest BCUT2D eigenvalue weighted by Gasteiger charge is -2.34. The molecule has 2 aliphatic rings. The van der Waals surface area contributed by atoms with Crippen molar-refractivity contribution >= 4 is 17.4 Å². The molecule has 1 aromatic carbocycles. The van der Waals surface area contributed by atoms with Crippen molar-refractivity contribution in [3.8, 4) is 0 Å². The van der Waals surface area contributed by atoms with Gasteiger partial charge in [0.15, 0.2) is 0 Å². The molecule has 0 spiro atoms. The molecule has 3 rings (SSSR count). The Labute approximate surface area is 111 Å². The number of hydrogen-bond donors (Lipinski definition) is 2. The molecule has 18 heavy (non-hydrogen) atoms. The molecule has 0 radical (unpaired) electrons. The molecule has 0 aliphatic carbocycles. The normalized spacial score (nSPS) is 27.2. The van der Waals surface area contributed by atoms with Gasteiger partial charge in [-0.2, -0.15) is 5.10 Å². The molecule has 1 saturated heterocycles. The van der Waals surface area contributed by atoms with Crippen molar-refractivity contribution in [2.24, 2.45) is 5.10 Å². The van der Waals surface area contributed by atoms with Gasteiger partial charge >= 0.3 is 0 Å². The molecule has 0 amide bonds. The fourth-order valence-electron chi connectivity index (χ4n) is 2.61. The highest BCUT2D eigenvalue weighted by Gasteiger charge is 2.44. The van der Waals surface area contributed by atoms with Gasteiger partial charge in [0.25, 0.3) is 5.85 Å². The van der Waals surface area contributed by atoms with Gasteiger partial charge in [-0.15, -0.1) is 0 Å². The van der Waals surface area contributed by atoms with Crippen molar-refractivity contribution in [2.75, 3.05) is 6.54 Å². The van der Waals surface area contributed by atoms with Crippen LogP contribution < -0.4 is 5.43 Å². The van der Waals surface area contributed by atoms with E-state index < -0.39 is 5.85 Å². The van der Waals surface area contributed by atoms with Crippen LogP contribution in [-0.4, -0.2) is 22.4 Å². The molecule has 0 unspecified atom stereocenters. The summed E-state index contributed by atoms with van der Waals surface area (Å²) in [6, 6.07) is 7.34. The lowest BCUT2D eigenvalue weighted by molar-refractivity contribution is -0.0913. The van der Waals surface area contributed by atoms with Crippen LogP contribution in [0, 0.1) is 0 Å². The number of nitrogens with one attached hydrogen (secondary N) is 1. The molecule has 2 aliphatic heterocycles. The maximum atomic E-state index is 10.9. The van der Waals surface area contributed by atoms with Crippen molar-refractivity contribution in [1.29, 1.82) is 0 Å². The summed E-state index contributed by atoms with van der Waals surface area (Å²) in [4.78, 5) is 1.93. The first kappa shape index (κ1) is 11.8. The molecule has 1 fully saturated rings. The van der Waals surface area contributed by atoms with E-state index in [2.05, 4.69) is 10.5 Å². The first-order valence-electron chi connectivity index (χ1n) is 6.30. The Bertz CT molecular complexity index is 491. The SMILES string of the molecule is O[C@]1(c2ccccc2Cl)NN=C2CCCCCN21. The molecular weight excluding hydrogens is 250 g/mol. The minimum atomic E-state index is -1.29. The van der Waals surface area contributed by atoms with Crippen molar-refractivity contribution in [3.63, 3.8) is 0 Å². The average molecular weight is 266 g/mol. The second-order valence-corrected chi connectivity index (χ2v) is 5.16. The number of hydrazone groups is 1. The molecule has 4 nitrogen and oxygen atoms in total. The molecule has 1 atom stereocenters. The Morgan fingerprint density at radius 1 is 1.28 bits per heavy atom. The number of rotatable bonds is 1. The molecule has 0 bridgehead atoms. The Kier molecular flexibility index (Phi) is 2.92. The van der Waals surface area contributed by atoms with Gasteiger partial charge in [0.05, 0.1) is 5.02 Å². The predicted octanol–water partition coefficient (Wildman–Crippen LogP) is 2.24. The zero-order valence-electron chi connectivity index (χ0n) is 10.1. The number of amidine groups is 1. The van der Waals surface area contributed by atoms with Crippen LogP contribution in [0.1, 0.15) is 31.2 Å². The third-order valence-electron chi connectivity index (χ3n) is 3.57. The fraction of sp³-hybridized carbons (Fsp3) is 0.462. The summed E-state index contributed by atoms with van der Waals surface area (Å²) in [5.74, 6) is -0.368. The number of halogens is 1. The predicted molar refractivity (Wildman–Crippen MR) is 71.1 cm³/mol. The lowest BCUT2D eigenvalue weighted by atomic mass is 10.1. The van der Waals surface area contributed by atoms with E-state index in [4.69, 9.17) is 11.6 Å². The average Bonchev–Trinajstić information content (AvgIpc) is 2.57. The van der Waals surface area contributed by atoms with E-state index in [9.17, 15) is 5.11 Å². The first-order valence-corrected chi connectivity index (χ1v) is 6.68. The molecule has 2 heterocycles. The van der Waals surface area contributed by atoms with E-state index in [1.807, 2.05) is 23.1 Å². The minimum absolute atomic E-state index is 0.549. The van der Waals surface area contributed by atoms with Crippen LogP contribution in [0.2, 0.25) is 5.02 Å². The van der Waals surface area contributed by atoms with E-state index in [0.29, 0.717) is 10.6 Å². The molecule has 96 valence electrons. The van der Waals surface area contributed by atoms with Crippen molar-refractivity contribution in [3.05, 3.63) is 34.9 Å². The van der Waals surface area contributed by atoms with Crippen LogP contribution in [0.15, 0.2) is 29.4 Å². The van der Waals surface area contributed by atoms with Gasteiger partial charge in [-0.05, 0) is 18.9 Å². The van der Waals surface area contributed by atoms with Crippen LogP contribution in [0.3, 0.4) is 0 Å². The van der Waals surface area contributed by atoms with Crippen LogP contribution in [0.25, 0.3) is 0 Å². The lowest BCUT2D eigenvalue weighted by Crippen LogP contribution is -2.51. The van der Waals surface area contributed by atoms with Crippen LogP contribution in [-0.2, 0) is 5.85 Å². The number of benzene rings is 1. The summed E-state index contributed by atoms with van der Waals surface area (Å²) in [5.41, 5.74) is 3.50. The third kappa shape index (κ3) is 1.76. The fourth-order valence-corrected chi connectivity index (χ4v) is 2.88. The zero-order chi connectivity index (χ0) is 12.6. The largest absolute Gasteiger partial charge is 0.349 e. The third-order valence-corrected chi connectivity index (χ3v) is 3.90. The summed E-state index contributed by atoms with van der Waals surface area (Å²) in [5, 5.41) is 15.7. The van der Waals surface area contributed by atoms with E-state index in [-0.39, 0.29) is 0 Å². The maximum Gasteiger partial charge on any atom is 0.262 e. The number of hydrogen-bond acceptors (Lipinski definition) is 4. The maximum absolute atomic E-state index is 10.9. The van der Waals surface area contributed by atoms with E-state index in [1.165, 1.54) is 6.42 Å². The summed E-state index contributed by atoms with van der Waals surface area (Å²) < 4.78 is 0. The van der Waals surface area contributed by atoms with Crippen LogP contribution in [0.5, 0.6) is 0 Å². The van der Waals surface area contributed by atoms with Gasteiger partial charge < -0.3 is 10.0 Å². The van der Waals surface area contributed by atoms with Gasteiger partial charge in [0, 0.05) is 18.5 Å². The Hall–Kier alpha value is -1.26. The topological polar surface area (TPSA) is 47.9 Å². The van der Waals surface area contributed by atoms with Gasteiger partial charge in [-0.3, -0.25) is 5.43 Å². The van der Waals surface area contributed by atoms with Gasteiger partial charge in [-0.25, -0.2) is 0 Å². The Balaban J connectivity index is 1.99. The first-order chi connectivity index (χ1) is 8.72. The van der Waals surface area contributed by atoms with E-state index >= 15 is 0 Å². The number of fused-ring (bicyclic) bond motifs is 1. The van der Waals surface area contributed by atoms with Gasteiger partial charge in [-0.1, -0.05) is 36.2 Å². The van der Waals surface area contributed by atoms with Gasteiger partial charge in [0.2, 0.25) is 0 Å². The summed E-state index contributed by atoms with van der Waals surface area (Å²) in [6.45, 7) is 0.799. The summed E-state index contributed by atoms with van der Waals surface area (Å²) in [6.07, 6.45) is 4.26. The molecule has 0 aromatic heterocycles. The Morgan fingerprint density at radius 3 is 2.94 bits per heavy atom. The van der Waals surface area contributed by atoms with Crippen LogP contribution in [0.4, 0.5) is 0 Å². The highest BCUT2D eigenvalue weighted by molar-refractivity contribution is 6.31. The summed E-state index contributed by atoms with van der Waals surface area (Å²) >= 11 is 6.19. The highest BCUT2D eigenvalue weighted by atomic mass is 35.5. The van der Waals surface area contributed by atoms with Crippen molar-refractivity contribution < 1.29 is 5.11 Å². The number of nitrogens with zero attached hydrogens (tertiary/aromatic N) is 2. The zero-order valence-corrected chi connectivity index (χ0v) is 10.8. The second kappa shape index (κ2) is 4.44. The molecule has 1 aromatic rings. The Morgan fingerprint density at radius 2 is 2.11 bits per heavy atom.